The number of carbonyl (C=O) groups excluding carboxylic acids is 2. The average molecular weight is 580 g/mol. The van der Waals surface area contributed by atoms with Crippen molar-refractivity contribution in [2.24, 2.45) is 0 Å². The summed E-state index contributed by atoms with van der Waals surface area (Å²) < 4.78 is 12.5. The van der Waals surface area contributed by atoms with Gasteiger partial charge in [-0.2, -0.15) is 4.73 Å². The Morgan fingerprint density at radius 2 is 1.88 bits per heavy atom. The first-order chi connectivity index (χ1) is 20.7. The molecule has 0 bridgehead atoms. The number of benzene rings is 2. The van der Waals surface area contributed by atoms with Gasteiger partial charge >= 0.3 is 5.97 Å². The fourth-order valence-corrected chi connectivity index (χ4v) is 6.30. The van der Waals surface area contributed by atoms with Crippen LogP contribution >= 0.6 is 0 Å². The number of aromatic nitrogens is 2. The third kappa shape index (κ3) is 4.82. The van der Waals surface area contributed by atoms with Gasteiger partial charge in [0.1, 0.15) is 28.4 Å². The number of aromatic carboxylic acids is 1. The van der Waals surface area contributed by atoms with Crippen LogP contribution in [0.15, 0.2) is 60.9 Å². The largest absolute Gasteiger partial charge is 0.619 e. The number of ketones is 1. The van der Waals surface area contributed by atoms with Crippen LogP contribution in [0.3, 0.4) is 0 Å². The molecular weight excluding hydrogens is 550 g/mol. The summed E-state index contributed by atoms with van der Waals surface area (Å²) in [5.41, 5.74) is 2.77. The van der Waals surface area contributed by atoms with E-state index in [0.717, 1.165) is 35.5 Å². The van der Waals surface area contributed by atoms with E-state index in [1.165, 1.54) is 12.3 Å². The summed E-state index contributed by atoms with van der Waals surface area (Å²) in [5.74, 6) is 0.0555. The van der Waals surface area contributed by atoms with Crippen molar-refractivity contribution in [2.45, 2.75) is 43.6 Å². The Balaban J connectivity index is 1.10. The minimum absolute atomic E-state index is 0.0965. The van der Waals surface area contributed by atoms with Gasteiger partial charge in [-0.3, -0.25) is 9.59 Å². The van der Waals surface area contributed by atoms with Gasteiger partial charge in [-0.1, -0.05) is 18.2 Å². The van der Waals surface area contributed by atoms with Crippen molar-refractivity contribution >= 4 is 28.6 Å². The van der Waals surface area contributed by atoms with Gasteiger partial charge in [0.25, 0.3) is 5.91 Å². The van der Waals surface area contributed by atoms with Crippen molar-refractivity contribution < 1.29 is 33.7 Å². The standard InChI is InChI=1S/C33H29N3O7/c1-42-29-15-26(34-30-23(19-5-6-19)3-2-4-24(29)30)31(38)35-11-9-33(10-12-35)16-27(37)25-14-20(7-8-28(25)43-33)21-13-22(32(39)40)18-36(41)17-21/h2-4,7-8,13-15,17-19H,5-6,9-12,16H2,1H3,(H,39,40). The predicted molar refractivity (Wildman–Crippen MR) is 156 cm³/mol. The summed E-state index contributed by atoms with van der Waals surface area (Å²) in [6.45, 7) is 0.828. The number of piperidine rings is 1. The van der Waals surface area contributed by atoms with Crippen molar-refractivity contribution in [3.8, 4) is 22.6 Å². The Hall–Kier alpha value is -4.99. The van der Waals surface area contributed by atoms with Crippen LogP contribution in [0.2, 0.25) is 0 Å². The monoisotopic (exact) mass is 579 g/mol. The van der Waals surface area contributed by atoms with Crippen molar-refractivity contribution in [2.75, 3.05) is 20.2 Å². The second-order valence-electron chi connectivity index (χ2n) is 11.6. The van der Waals surface area contributed by atoms with Gasteiger partial charge in [-0.15, -0.1) is 0 Å². The lowest BCUT2D eigenvalue weighted by Gasteiger charge is -2.44. The number of carboxylic acid groups (broad SMARTS) is 1. The number of pyridine rings is 2. The molecule has 1 N–H and O–H groups in total. The number of hydrogen-bond acceptors (Lipinski definition) is 7. The van der Waals surface area contributed by atoms with E-state index >= 15 is 0 Å². The smallest absolute Gasteiger partial charge is 0.341 e. The van der Waals surface area contributed by atoms with Gasteiger partial charge < -0.3 is 24.7 Å². The van der Waals surface area contributed by atoms with E-state index in [0.29, 0.717) is 70.5 Å². The molecule has 1 saturated carbocycles. The van der Waals surface area contributed by atoms with Gasteiger partial charge in [0.15, 0.2) is 18.2 Å². The van der Waals surface area contributed by atoms with E-state index in [2.05, 4.69) is 6.07 Å². The second kappa shape index (κ2) is 10.1. The molecule has 1 spiro atoms. The van der Waals surface area contributed by atoms with Gasteiger partial charge in [-0.25, -0.2) is 9.78 Å². The van der Waals surface area contributed by atoms with Gasteiger partial charge in [0.2, 0.25) is 0 Å². The zero-order valence-electron chi connectivity index (χ0n) is 23.5. The molecule has 1 saturated heterocycles. The summed E-state index contributed by atoms with van der Waals surface area (Å²) in [7, 11) is 1.60. The van der Waals surface area contributed by atoms with Crippen molar-refractivity contribution in [1.29, 1.82) is 0 Å². The number of amides is 1. The van der Waals surface area contributed by atoms with Crippen LogP contribution in [-0.2, 0) is 0 Å². The molecule has 0 atom stereocenters. The van der Waals surface area contributed by atoms with Crippen LogP contribution in [0, 0.1) is 5.21 Å². The highest BCUT2D eigenvalue weighted by Crippen LogP contribution is 2.44. The van der Waals surface area contributed by atoms with Crippen LogP contribution < -0.4 is 14.2 Å². The highest BCUT2D eigenvalue weighted by Gasteiger charge is 2.44. The number of ether oxygens (including phenoxy) is 2. The number of rotatable bonds is 5. The summed E-state index contributed by atoms with van der Waals surface area (Å²) >= 11 is 0. The summed E-state index contributed by atoms with van der Waals surface area (Å²) in [6.07, 6.45) is 5.63. The minimum Gasteiger partial charge on any atom is -0.619 e. The predicted octanol–water partition coefficient (Wildman–Crippen LogP) is 4.76. The number of fused-ring (bicyclic) bond motifs is 2. The molecule has 10 nitrogen and oxygen atoms in total. The fraction of sp³-hybridized carbons (Fsp3) is 0.303. The Bertz CT molecular complexity index is 1820. The molecule has 1 amide bonds. The van der Waals surface area contributed by atoms with E-state index < -0.39 is 11.6 Å². The van der Waals surface area contributed by atoms with Crippen LogP contribution in [0.4, 0.5) is 0 Å². The van der Waals surface area contributed by atoms with E-state index in [4.69, 9.17) is 14.5 Å². The molecule has 10 heteroatoms. The number of Topliss-reactive ketones (excluding diaryl/α,β-unsaturated/α-hetero) is 1. The third-order valence-corrected chi connectivity index (χ3v) is 8.76. The van der Waals surface area contributed by atoms with E-state index in [1.807, 2.05) is 12.1 Å². The Morgan fingerprint density at radius 1 is 1.09 bits per heavy atom. The summed E-state index contributed by atoms with van der Waals surface area (Å²) in [5, 5.41) is 22.2. The lowest BCUT2D eigenvalue weighted by Crippen LogP contribution is -2.52. The molecular formula is C33H29N3O7. The number of hydrogen-bond donors (Lipinski definition) is 1. The summed E-state index contributed by atoms with van der Waals surface area (Å²) in [6, 6.07) is 14.2. The first-order valence-electron chi connectivity index (χ1n) is 14.3. The minimum atomic E-state index is -1.21. The number of carboxylic acids is 1. The number of nitrogens with zero attached hydrogens (tertiary/aromatic N) is 3. The zero-order chi connectivity index (χ0) is 29.9. The molecule has 4 aromatic rings. The van der Waals surface area contributed by atoms with Gasteiger partial charge in [0.05, 0.1) is 24.6 Å². The average Bonchev–Trinajstić information content (AvgIpc) is 3.85. The number of para-hydroxylation sites is 1. The van der Waals surface area contributed by atoms with E-state index in [1.54, 1.807) is 36.3 Å². The van der Waals surface area contributed by atoms with E-state index in [9.17, 15) is 24.7 Å². The maximum atomic E-state index is 13.6. The molecule has 2 fully saturated rings. The molecule has 0 radical (unpaired) electrons. The molecule has 218 valence electrons. The Morgan fingerprint density at radius 3 is 2.60 bits per heavy atom. The Labute approximate surface area is 247 Å². The fourth-order valence-electron chi connectivity index (χ4n) is 6.30. The molecule has 1 aliphatic carbocycles. The molecule has 2 aromatic carbocycles. The highest BCUT2D eigenvalue weighted by molar-refractivity contribution is 6.02. The lowest BCUT2D eigenvalue weighted by atomic mass is 9.82. The normalized spacial score (nSPS) is 17.4. The van der Waals surface area contributed by atoms with Crippen LogP contribution in [-0.4, -0.2) is 58.5 Å². The van der Waals surface area contributed by atoms with Gasteiger partial charge in [-0.05, 0) is 54.2 Å². The third-order valence-electron chi connectivity index (χ3n) is 8.76. The lowest BCUT2D eigenvalue weighted by molar-refractivity contribution is -0.605. The molecule has 0 unspecified atom stereocenters. The number of carbonyl (C=O) groups is 3. The maximum Gasteiger partial charge on any atom is 0.341 e. The highest BCUT2D eigenvalue weighted by atomic mass is 16.5. The van der Waals surface area contributed by atoms with Crippen molar-refractivity contribution in [3.05, 3.63) is 88.5 Å². The molecule has 7 rings (SSSR count). The molecule has 2 aliphatic heterocycles. The maximum absolute atomic E-state index is 13.6. The molecule has 2 aromatic heterocycles. The van der Waals surface area contributed by atoms with Gasteiger partial charge in [0, 0.05) is 42.9 Å². The number of likely N-dealkylation sites (tertiary alicyclic amines) is 1. The molecule has 4 heterocycles. The summed E-state index contributed by atoms with van der Waals surface area (Å²) in [4.78, 5) is 45.0. The van der Waals surface area contributed by atoms with Crippen LogP contribution in [0.25, 0.3) is 22.0 Å². The van der Waals surface area contributed by atoms with Crippen LogP contribution in [0.5, 0.6) is 11.5 Å². The first kappa shape index (κ1) is 26.9. The van der Waals surface area contributed by atoms with Crippen LogP contribution in [0.1, 0.15) is 74.8 Å². The van der Waals surface area contributed by atoms with Crippen molar-refractivity contribution in [3.63, 3.8) is 0 Å². The Kier molecular flexibility index (Phi) is 6.30. The SMILES string of the molecule is COc1cc(C(=O)N2CCC3(CC2)CC(=O)c2cc(-c4cc(C(=O)O)c[n+]([O-])c4)ccc2O3)nc2c(C3CC3)cccc12. The van der Waals surface area contributed by atoms with Crippen molar-refractivity contribution in [1.82, 2.24) is 9.88 Å². The topological polar surface area (TPSA) is 133 Å². The molecule has 3 aliphatic rings. The molecule has 43 heavy (non-hydrogen) atoms. The quantitative estimate of drug-likeness (QED) is 0.264. The second-order valence-corrected chi connectivity index (χ2v) is 11.6. The first-order valence-corrected chi connectivity index (χ1v) is 14.3. The number of methoxy groups -OCH3 is 1. The van der Waals surface area contributed by atoms with E-state index in [-0.39, 0.29) is 23.7 Å². The zero-order valence-corrected chi connectivity index (χ0v) is 23.5.